The fourth-order valence-corrected chi connectivity index (χ4v) is 13.7. The van der Waals surface area contributed by atoms with Gasteiger partial charge < -0.3 is 12.4 Å². The molecule has 0 aromatic heterocycles. The van der Waals surface area contributed by atoms with E-state index in [2.05, 4.69) is 6.92 Å². The van der Waals surface area contributed by atoms with Crippen molar-refractivity contribution < 1.29 is 12.4 Å². The zero-order valence-corrected chi connectivity index (χ0v) is 16.5. The second kappa shape index (κ2) is 9.27. The lowest BCUT2D eigenvalue weighted by Gasteiger charge is -2.48. The standard InChI is InChI=1S/C20H38P.ClH/c1-2-21(18-12-6-3-7-13-18,19-14-8-4-9-15-19)20-16-10-5-11-17-20;/h18-20H,2-17H2,1H3;1H/q+1;/p-1. The second-order valence-electron chi connectivity index (χ2n) is 8.19. The number of rotatable bonds is 4. The highest BCUT2D eigenvalue weighted by atomic mass is 35.5. The van der Waals surface area contributed by atoms with E-state index in [1.807, 2.05) is 0 Å². The molecule has 0 aromatic carbocycles. The smallest absolute Gasteiger partial charge is 0.0703 e. The Labute approximate surface area is 146 Å². The number of hydrogen-bond donors (Lipinski definition) is 0. The van der Waals surface area contributed by atoms with Gasteiger partial charge in [0, 0.05) is 7.26 Å². The van der Waals surface area contributed by atoms with Gasteiger partial charge in [0.2, 0.25) is 0 Å². The minimum atomic E-state index is -0.703. The van der Waals surface area contributed by atoms with Crippen molar-refractivity contribution in [3.63, 3.8) is 0 Å². The molecule has 0 amide bonds. The first kappa shape index (κ1) is 19.1. The molecule has 0 nitrogen and oxygen atoms in total. The van der Waals surface area contributed by atoms with E-state index in [0.29, 0.717) is 0 Å². The minimum Gasteiger partial charge on any atom is -1.00 e. The maximum Gasteiger partial charge on any atom is 0.0703 e. The molecular weight excluding hydrogens is 307 g/mol. The van der Waals surface area contributed by atoms with Crippen molar-refractivity contribution in [2.24, 2.45) is 0 Å². The van der Waals surface area contributed by atoms with Crippen LogP contribution in [0.15, 0.2) is 0 Å². The average Bonchev–Trinajstić information content (AvgIpc) is 2.59. The van der Waals surface area contributed by atoms with E-state index in [1.165, 1.54) is 36.2 Å². The quantitative estimate of drug-likeness (QED) is 0.675. The topological polar surface area (TPSA) is 0 Å². The van der Waals surface area contributed by atoms with Crippen molar-refractivity contribution in [2.75, 3.05) is 6.16 Å². The molecule has 0 N–H and O–H groups in total. The van der Waals surface area contributed by atoms with Gasteiger partial charge in [-0.1, -0.05) is 19.3 Å². The van der Waals surface area contributed by atoms with E-state index >= 15 is 0 Å². The lowest BCUT2D eigenvalue weighted by Crippen LogP contribution is -3.00. The molecule has 3 fully saturated rings. The van der Waals surface area contributed by atoms with Gasteiger partial charge >= 0.3 is 0 Å². The summed E-state index contributed by atoms with van der Waals surface area (Å²) in [6.45, 7) is 2.62. The predicted molar refractivity (Wildman–Crippen MR) is 98.1 cm³/mol. The van der Waals surface area contributed by atoms with Gasteiger partial charge in [-0.25, -0.2) is 0 Å². The van der Waals surface area contributed by atoms with Crippen LogP contribution in [0.2, 0.25) is 0 Å². The van der Waals surface area contributed by atoms with Gasteiger partial charge in [0.05, 0.1) is 23.1 Å². The molecule has 0 spiro atoms. The zero-order chi connectivity index (χ0) is 14.5. The van der Waals surface area contributed by atoms with E-state index in [0.717, 1.165) is 0 Å². The van der Waals surface area contributed by atoms with Crippen LogP contribution in [-0.4, -0.2) is 23.1 Å². The highest BCUT2D eigenvalue weighted by Gasteiger charge is 2.55. The van der Waals surface area contributed by atoms with Crippen LogP contribution in [0, 0.1) is 0 Å². The summed E-state index contributed by atoms with van der Waals surface area (Å²) in [7, 11) is -0.703. The predicted octanol–water partition coefficient (Wildman–Crippen LogP) is 4.03. The van der Waals surface area contributed by atoms with Gasteiger partial charge in [-0.2, -0.15) is 0 Å². The largest absolute Gasteiger partial charge is 1.00 e. The van der Waals surface area contributed by atoms with Crippen LogP contribution in [0.4, 0.5) is 0 Å². The number of halogens is 1. The average molecular weight is 345 g/mol. The van der Waals surface area contributed by atoms with Crippen LogP contribution < -0.4 is 12.4 Å². The summed E-state index contributed by atoms with van der Waals surface area (Å²) in [5, 5.41) is 0. The van der Waals surface area contributed by atoms with Crippen LogP contribution >= 0.6 is 7.26 Å². The summed E-state index contributed by atoms with van der Waals surface area (Å²) in [6, 6.07) is 0. The molecule has 0 radical (unpaired) electrons. The van der Waals surface area contributed by atoms with Gasteiger partial charge in [0.1, 0.15) is 0 Å². The first-order valence-electron chi connectivity index (χ1n) is 10.2. The van der Waals surface area contributed by atoms with E-state index < -0.39 is 7.26 Å². The van der Waals surface area contributed by atoms with E-state index in [-0.39, 0.29) is 12.4 Å². The highest BCUT2D eigenvalue weighted by molar-refractivity contribution is 7.77. The van der Waals surface area contributed by atoms with E-state index in [9.17, 15) is 0 Å². The van der Waals surface area contributed by atoms with Crippen LogP contribution in [-0.2, 0) is 0 Å². The Hall–Kier alpha value is 0.720. The molecule has 0 aromatic rings. The molecule has 0 atom stereocenters. The van der Waals surface area contributed by atoms with E-state index in [1.54, 1.807) is 83.2 Å². The Balaban J connectivity index is 0.00000176. The maximum atomic E-state index is 2.62. The van der Waals surface area contributed by atoms with Gasteiger partial charge in [-0.05, 0) is 84.0 Å². The fraction of sp³-hybridized carbons (Fsp3) is 1.00. The molecular formula is C20H38ClP. The summed E-state index contributed by atoms with van der Waals surface area (Å²) in [5.74, 6) is 0. The molecule has 3 aliphatic rings. The zero-order valence-electron chi connectivity index (χ0n) is 14.9. The third kappa shape index (κ3) is 3.85. The SMILES string of the molecule is CC[P+](C1CCCCC1)(C1CCCCC1)C1CCCCC1.[Cl-]. The molecule has 0 heterocycles. The maximum absolute atomic E-state index is 2.62. The minimum absolute atomic E-state index is 0. The number of hydrogen-bond acceptors (Lipinski definition) is 0. The van der Waals surface area contributed by atoms with Gasteiger partial charge in [0.15, 0.2) is 0 Å². The highest BCUT2D eigenvalue weighted by Crippen LogP contribution is 2.76. The summed E-state index contributed by atoms with van der Waals surface area (Å²) in [5.41, 5.74) is 3.59. The summed E-state index contributed by atoms with van der Waals surface area (Å²) < 4.78 is 0. The fourth-order valence-electron chi connectivity index (χ4n) is 6.35. The van der Waals surface area contributed by atoms with Gasteiger partial charge in [-0.3, -0.25) is 0 Å². The van der Waals surface area contributed by atoms with Gasteiger partial charge in [0.25, 0.3) is 0 Å². The Morgan fingerprint density at radius 1 is 0.545 bits per heavy atom. The lowest BCUT2D eigenvalue weighted by atomic mass is 9.99. The Morgan fingerprint density at radius 3 is 1.05 bits per heavy atom. The third-order valence-electron chi connectivity index (χ3n) is 7.31. The Kier molecular flexibility index (Phi) is 8.03. The molecule has 130 valence electrons. The molecule has 3 rings (SSSR count). The first-order chi connectivity index (χ1) is 10.4. The van der Waals surface area contributed by atoms with Gasteiger partial charge in [-0.15, -0.1) is 0 Å². The molecule has 0 saturated heterocycles. The summed E-state index contributed by atoms with van der Waals surface area (Å²) >= 11 is 0. The first-order valence-corrected chi connectivity index (χ1v) is 12.4. The molecule has 0 unspecified atom stereocenters. The molecule has 3 saturated carbocycles. The normalized spacial score (nSPS) is 26.6. The van der Waals surface area contributed by atoms with Crippen molar-refractivity contribution in [3.05, 3.63) is 0 Å². The summed E-state index contributed by atoms with van der Waals surface area (Å²) in [6.07, 6.45) is 25.3. The Morgan fingerprint density at radius 2 is 0.818 bits per heavy atom. The van der Waals surface area contributed by atoms with E-state index in [4.69, 9.17) is 0 Å². The molecule has 2 heteroatoms. The summed E-state index contributed by atoms with van der Waals surface area (Å²) in [4.78, 5) is 0. The Bertz CT molecular complexity index is 253. The van der Waals surface area contributed by atoms with Crippen molar-refractivity contribution in [1.82, 2.24) is 0 Å². The van der Waals surface area contributed by atoms with Crippen molar-refractivity contribution in [1.29, 1.82) is 0 Å². The molecule has 0 aliphatic heterocycles. The monoisotopic (exact) mass is 344 g/mol. The van der Waals surface area contributed by atoms with Crippen molar-refractivity contribution >= 4 is 7.26 Å². The van der Waals surface area contributed by atoms with Crippen LogP contribution in [0.1, 0.15) is 103 Å². The lowest BCUT2D eigenvalue weighted by molar-refractivity contribution is -0.00000451. The molecule has 0 bridgehead atoms. The van der Waals surface area contributed by atoms with Crippen molar-refractivity contribution in [2.45, 2.75) is 120 Å². The molecule has 22 heavy (non-hydrogen) atoms. The van der Waals surface area contributed by atoms with Crippen molar-refractivity contribution in [3.8, 4) is 0 Å². The third-order valence-corrected chi connectivity index (χ3v) is 14.0. The van der Waals surface area contributed by atoms with Crippen LogP contribution in [0.3, 0.4) is 0 Å². The van der Waals surface area contributed by atoms with Crippen LogP contribution in [0.5, 0.6) is 0 Å². The molecule has 3 aliphatic carbocycles. The second-order valence-corrected chi connectivity index (χ2v) is 13.0. The van der Waals surface area contributed by atoms with Crippen LogP contribution in [0.25, 0.3) is 0 Å².